The van der Waals surface area contributed by atoms with Crippen LogP contribution in [0.2, 0.25) is 5.02 Å². The lowest BCUT2D eigenvalue weighted by molar-refractivity contribution is -0.127. The van der Waals surface area contributed by atoms with E-state index in [0.29, 0.717) is 18.1 Å². The van der Waals surface area contributed by atoms with E-state index in [9.17, 15) is 13.2 Å². The molecule has 1 unspecified atom stereocenters. The Morgan fingerprint density at radius 1 is 1.25 bits per heavy atom. The van der Waals surface area contributed by atoms with Crippen LogP contribution in [0.4, 0.5) is 0 Å². The number of benzene rings is 1. The highest BCUT2D eigenvalue weighted by Crippen LogP contribution is 2.21. The smallest absolute Gasteiger partial charge is 0.232 e. The van der Waals surface area contributed by atoms with Crippen molar-refractivity contribution >= 4 is 37.2 Å². The first-order valence-electron chi connectivity index (χ1n) is 6.28. The first-order valence-corrected chi connectivity index (χ1v) is 9.14. The van der Waals surface area contributed by atoms with E-state index in [2.05, 4.69) is 0 Å². The lowest BCUT2D eigenvalue weighted by Crippen LogP contribution is -2.28. The van der Waals surface area contributed by atoms with Crippen molar-refractivity contribution < 1.29 is 13.2 Å². The molecule has 110 valence electrons. The first kappa shape index (κ1) is 15.6. The van der Waals surface area contributed by atoms with Crippen molar-refractivity contribution in [2.75, 3.05) is 18.8 Å². The standard InChI is InChI=1S/C13H15Cl2NO3S/c14-12-3-1-10(2-4-12)5-6-16-8-11(7-13(16)17)9-20(15,18)19/h1-4,11H,5-9H2. The summed E-state index contributed by atoms with van der Waals surface area (Å²) in [6, 6.07) is 7.46. The van der Waals surface area contributed by atoms with Crippen LogP contribution < -0.4 is 0 Å². The number of carbonyl (C=O) groups is 1. The summed E-state index contributed by atoms with van der Waals surface area (Å²) in [5.41, 5.74) is 1.09. The molecular formula is C13H15Cl2NO3S. The molecule has 1 aromatic rings. The molecule has 20 heavy (non-hydrogen) atoms. The third-order valence-corrected chi connectivity index (χ3v) is 4.81. The van der Waals surface area contributed by atoms with Gasteiger partial charge in [0, 0.05) is 41.1 Å². The molecule has 1 aromatic carbocycles. The SMILES string of the molecule is O=C1CC(CS(=O)(=O)Cl)CN1CCc1ccc(Cl)cc1. The maximum Gasteiger partial charge on any atom is 0.232 e. The maximum absolute atomic E-state index is 11.8. The lowest BCUT2D eigenvalue weighted by atomic mass is 10.1. The second kappa shape index (κ2) is 6.33. The van der Waals surface area contributed by atoms with E-state index >= 15 is 0 Å². The van der Waals surface area contributed by atoms with Crippen molar-refractivity contribution in [2.45, 2.75) is 12.8 Å². The van der Waals surface area contributed by atoms with Gasteiger partial charge >= 0.3 is 0 Å². The van der Waals surface area contributed by atoms with Crippen molar-refractivity contribution in [2.24, 2.45) is 5.92 Å². The van der Waals surface area contributed by atoms with Crippen molar-refractivity contribution in [3.63, 3.8) is 0 Å². The Morgan fingerprint density at radius 3 is 2.50 bits per heavy atom. The molecule has 1 amide bonds. The van der Waals surface area contributed by atoms with Gasteiger partial charge in [0.2, 0.25) is 15.0 Å². The first-order chi connectivity index (χ1) is 9.33. The molecule has 0 radical (unpaired) electrons. The van der Waals surface area contributed by atoms with Crippen molar-refractivity contribution in [1.29, 1.82) is 0 Å². The Labute approximate surface area is 128 Å². The van der Waals surface area contributed by atoms with Gasteiger partial charge in [-0.3, -0.25) is 4.79 Å². The summed E-state index contributed by atoms with van der Waals surface area (Å²) in [4.78, 5) is 13.5. The summed E-state index contributed by atoms with van der Waals surface area (Å²) in [6.07, 6.45) is 0.982. The quantitative estimate of drug-likeness (QED) is 0.776. The third kappa shape index (κ3) is 4.65. The average Bonchev–Trinajstić information content (AvgIpc) is 2.66. The number of likely N-dealkylation sites (tertiary alicyclic amines) is 1. The van der Waals surface area contributed by atoms with Crippen LogP contribution in [0, 0.1) is 5.92 Å². The van der Waals surface area contributed by atoms with Crippen LogP contribution in [0.25, 0.3) is 0 Å². The number of hydrogen-bond donors (Lipinski definition) is 0. The second-order valence-electron chi connectivity index (χ2n) is 4.99. The molecule has 1 saturated heterocycles. The predicted molar refractivity (Wildman–Crippen MR) is 79.5 cm³/mol. The minimum atomic E-state index is -3.55. The highest BCUT2D eigenvalue weighted by molar-refractivity contribution is 8.13. The molecule has 0 N–H and O–H groups in total. The van der Waals surface area contributed by atoms with Crippen LogP contribution in [0.15, 0.2) is 24.3 Å². The fraction of sp³-hybridized carbons (Fsp3) is 0.462. The Kier molecular flexibility index (Phi) is 4.94. The van der Waals surface area contributed by atoms with E-state index in [1.165, 1.54) is 0 Å². The van der Waals surface area contributed by atoms with E-state index < -0.39 is 9.05 Å². The van der Waals surface area contributed by atoms with Gasteiger partial charge in [-0.2, -0.15) is 0 Å². The number of amides is 1. The van der Waals surface area contributed by atoms with Crippen LogP contribution in [-0.2, 0) is 20.3 Å². The highest BCUT2D eigenvalue weighted by Gasteiger charge is 2.31. The van der Waals surface area contributed by atoms with E-state index in [-0.39, 0.29) is 24.0 Å². The summed E-state index contributed by atoms with van der Waals surface area (Å²) in [7, 11) is 1.68. The number of carbonyl (C=O) groups excluding carboxylic acids is 1. The summed E-state index contributed by atoms with van der Waals surface area (Å²) in [6.45, 7) is 1.04. The normalized spacial score (nSPS) is 19.6. The molecule has 0 spiro atoms. The summed E-state index contributed by atoms with van der Waals surface area (Å²) >= 11 is 5.81. The lowest BCUT2D eigenvalue weighted by Gasteiger charge is -2.16. The van der Waals surface area contributed by atoms with Gasteiger partial charge in [-0.25, -0.2) is 8.42 Å². The van der Waals surface area contributed by atoms with Crippen LogP contribution in [-0.4, -0.2) is 38.1 Å². The zero-order chi connectivity index (χ0) is 14.8. The molecule has 0 bridgehead atoms. The van der Waals surface area contributed by atoms with Gasteiger partial charge in [-0.1, -0.05) is 23.7 Å². The topological polar surface area (TPSA) is 54.5 Å². The second-order valence-corrected chi connectivity index (χ2v) is 8.25. The van der Waals surface area contributed by atoms with E-state index in [1.807, 2.05) is 24.3 Å². The summed E-state index contributed by atoms with van der Waals surface area (Å²) in [5, 5.41) is 0.679. The van der Waals surface area contributed by atoms with Crippen molar-refractivity contribution in [3.8, 4) is 0 Å². The monoisotopic (exact) mass is 335 g/mol. The van der Waals surface area contributed by atoms with Gasteiger partial charge in [0.25, 0.3) is 0 Å². The molecule has 0 aromatic heterocycles. The van der Waals surface area contributed by atoms with Crippen LogP contribution in [0.3, 0.4) is 0 Å². The van der Waals surface area contributed by atoms with E-state index in [4.69, 9.17) is 22.3 Å². The fourth-order valence-corrected chi connectivity index (χ4v) is 3.83. The molecule has 7 heteroatoms. The molecule has 1 atom stereocenters. The van der Waals surface area contributed by atoms with Crippen LogP contribution in [0.1, 0.15) is 12.0 Å². The molecular weight excluding hydrogens is 321 g/mol. The number of hydrogen-bond acceptors (Lipinski definition) is 3. The molecule has 1 heterocycles. The molecule has 0 aliphatic carbocycles. The Morgan fingerprint density at radius 2 is 1.90 bits per heavy atom. The molecule has 0 saturated carbocycles. The molecule has 1 fully saturated rings. The van der Waals surface area contributed by atoms with Gasteiger partial charge in [-0.05, 0) is 24.1 Å². The number of rotatable bonds is 5. The van der Waals surface area contributed by atoms with Crippen molar-refractivity contribution in [3.05, 3.63) is 34.9 Å². The molecule has 4 nitrogen and oxygen atoms in total. The summed E-state index contributed by atoms with van der Waals surface area (Å²) in [5.74, 6) is -0.350. The zero-order valence-corrected chi connectivity index (χ0v) is 13.1. The van der Waals surface area contributed by atoms with E-state index in [1.54, 1.807) is 4.90 Å². The minimum Gasteiger partial charge on any atom is -0.342 e. The third-order valence-electron chi connectivity index (χ3n) is 3.31. The fourth-order valence-electron chi connectivity index (χ4n) is 2.38. The van der Waals surface area contributed by atoms with Crippen molar-refractivity contribution in [1.82, 2.24) is 4.90 Å². The number of nitrogens with zero attached hydrogens (tertiary/aromatic N) is 1. The van der Waals surface area contributed by atoms with Gasteiger partial charge in [0.05, 0.1) is 5.75 Å². The van der Waals surface area contributed by atoms with Gasteiger partial charge < -0.3 is 4.90 Å². The van der Waals surface area contributed by atoms with Crippen LogP contribution in [0.5, 0.6) is 0 Å². The van der Waals surface area contributed by atoms with Gasteiger partial charge in [0.15, 0.2) is 0 Å². The van der Waals surface area contributed by atoms with Crippen LogP contribution >= 0.6 is 22.3 Å². The average molecular weight is 336 g/mol. The largest absolute Gasteiger partial charge is 0.342 e. The Hall–Kier alpha value is -0.780. The maximum atomic E-state index is 11.8. The highest BCUT2D eigenvalue weighted by atomic mass is 35.7. The zero-order valence-electron chi connectivity index (χ0n) is 10.8. The minimum absolute atomic E-state index is 0.00993. The molecule has 2 rings (SSSR count). The molecule has 1 aliphatic heterocycles. The van der Waals surface area contributed by atoms with Gasteiger partial charge in [0.1, 0.15) is 0 Å². The summed E-state index contributed by atoms with van der Waals surface area (Å²) < 4.78 is 22.1. The number of halogens is 2. The van der Waals surface area contributed by atoms with Gasteiger partial charge in [-0.15, -0.1) is 0 Å². The predicted octanol–water partition coefficient (Wildman–Crippen LogP) is 2.30. The Bertz CT molecular complexity index is 586. The molecule has 1 aliphatic rings. The Balaban J connectivity index is 1.87. The van der Waals surface area contributed by atoms with E-state index in [0.717, 1.165) is 12.0 Å².